The molecule has 64 valence electrons. The summed E-state index contributed by atoms with van der Waals surface area (Å²) in [4.78, 5) is 10.4. The molecule has 4 heteroatoms. The minimum Gasteiger partial charge on any atom is -0.508 e. The fourth-order valence-electron chi connectivity index (χ4n) is 0.871. The lowest BCUT2D eigenvalue weighted by Gasteiger charge is -2.15. The highest BCUT2D eigenvalue weighted by Gasteiger charge is 2.23. The van der Waals surface area contributed by atoms with E-state index in [4.69, 9.17) is 15.3 Å². The number of hydrogen-bond acceptors (Lipinski definition) is 3. The number of carbonyl (C=O) groups is 1. The fourth-order valence-corrected chi connectivity index (χ4v) is 0.871. The van der Waals surface area contributed by atoms with Crippen molar-refractivity contribution < 1.29 is 20.1 Å². The third-order valence-corrected chi connectivity index (χ3v) is 1.58. The summed E-state index contributed by atoms with van der Waals surface area (Å²) in [7, 11) is 0. The normalized spacial score (nSPS) is 23.1. The highest BCUT2D eigenvalue weighted by molar-refractivity contribution is 5.91. The molecule has 0 spiro atoms. The summed E-state index contributed by atoms with van der Waals surface area (Å²) >= 11 is 0. The number of carboxylic acids is 1. The van der Waals surface area contributed by atoms with Crippen LogP contribution in [0.3, 0.4) is 0 Å². The Morgan fingerprint density at radius 2 is 2.08 bits per heavy atom. The highest BCUT2D eigenvalue weighted by atomic mass is 16.4. The van der Waals surface area contributed by atoms with Crippen molar-refractivity contribution in [1.82, 2.24) is 0 Å². The van der Waals surface area contributed by atoms with E-state index in [9.17, 15) is 4.79 Å². The Morgan fingerprint density at radius 1 is 1.50 bits per heavy atom. The van der Waals surface area contributed by atoms with E-state index >= 15 is 0 Å². The van der Waals surface area contributed by atoms with E-state index in [2.05, 4.69) is 6.58 Å². The van der Waals surface area contributed by atoms with Gasteiger partial charge in [-0.05, 0) is 11.6 Å². The molecule has 0 saturated heterocycles. The quantitative estimate of drug-likeness (QED) is 0.528. The third-order valence-electron chi connectivity index (χ3n) is 1.58. The van der Waals surface area contributed by atoms with Crippen molar-refractivity contribution in [2.45, 2.75) is 6.10 Å². The number of aliphatic carboxylic acids is 1. The zero-order chi connectivity index (χ0) is 9.30. The van der Waals surface area contributed by atoms with Crippen LogP contribution in [0, 0.1) is 0 Å². The molecule has 0 radical (unpaired) electrons. The Balaban J connectivity index is 3.10. The first-order chi connectivity index (χ1) is 5.54. The first kappa shape index (κ1) is 8.55. The van der Waals surface area contributed by atoms with Gasteiger partial charge in [-0.25, -0.2) is 4.79 Å². The van der Waals surface area contributed by atoms with E-state index in [1.54, 1.807) is 0 Å². The Morgan fingerprint density at radius 3 is 2.58 bits per heavy atom. The molecule has 0 saturated carbocycles. The molecule has 0 heterocycles. The van der Waals surface area contributed by atoms with Crippen LogP contribution in [-0.4, -0.2) is 27.4 Å². The summed E-state index contributed by atoms with van der Waals surface area (Å²) < 4.78 is 0. The van der Waals surface area contributed by atoms with Gasteiger partial charge in [0.2, 0.25) is 0 Å². The third kappa shape index (κ3) is 1.24. The van der Waals surface area contributed by atoms with Crippen LogP contribution in [0.5, 0.6) is 0 Å². The van der Waals surface area contributed by atoms with Crippen LogP contribution >= 0.6 is 0 Å². The Hall–Kier alpha value is -1.55. The van der Waals surface area contributed by atoms with Gasteiger partial charge in [0.25, 0.3) is 0 Å². The zero-order valence-corrected chi connectivity index (χ0v) is 6.19. The van der Waals surface area contributed by atoms with Gasteiger partial charge in [0.15, 0.2) is 0 Å². The average Bonchev–Trinajstić information content (AvgIpc) is 2.00. The van der Waals surface area contributed by atoms with Crippen molar-refractivity contribution >= 4 is 5.97 Å². The lowest BCUT2D eigenvalue weighted by Crippen LogP contribution is -2.19. The SMILES string of the molecule is C=C1C=CC(C(=O)O)=C(O)C1O. The largest absolute Gasteiger partial charge is 0.508 e. The van der Waals surface area contributed by atoms with Crippen LogP contribution in [0.1, 0.15) is 0 Å². The van der Waals surface area contributed by atoms with E-state index in [-0.39, 0.29) is 11.1 Å². The smallest absolute Gasteiger partial charge is 0.339 e. The molecule has 1 aliphatic rings. The molecule has 0 aliphatic heterocycles. The summed E-state index contributed by atoms with van der Waals surface area (Å²) in [6.07, 6.45) is 1.27. The summed E-state index contributed by atoms with van der Waals surface area (Å²) in [5.74, 6) is -1.83. The lowest BCUT2D eigenvalue weighted by atomic mass is 9.99. The molecule has 1 atom stereocenters. The van der Waals surface area contributed by atoms with Crippen molar-refractivity contribution in [2.24, 2.45) is 0 Å². The van der Waals surface area contributed by atoms with Gasteiger partial charge in [0.1, 0.15) is 11.9 Å². The van der Waals surface area contributed by atoms with Crippen molar-refractivity contribution in [1.29, 1.82) is 0 Å². The first-order valence-corrected chi connectivity index (χ1v) is 3.25. The Kier molecular flexibility index (Phi) is 2.01. The van der Waals surface area contributed by atoms with Crippen LogP contribution in [0.2, 0.25) is 0 Å². The van der Waals surface area contributed by atoms with Gasteiger partial charge in [-0.2, -0.15) is 0 Å². The van der Waals surface area contributed by atoms with Gasteiger partial charge in [-0.1, -0.05) is 12.7 Å². The maximum absolute atomic E-state index is 10.4. The number of carboxylic acid groups (broad SMARTS) is 1. The molecule has 0 amide bonds. The molecule has 1 aliphatic carbocycles. The monoisotopic (exact) mass is 168 g/mol. The van der Waals surface area contributed by atoms with E-state index in [1.165, 1.54) is 12.2 Å². The van der Waals surface area contributed by atoms with E-state index in [1.807, 2.05) is 0 Å². The maximum Gasteiger partial charge on any atom is 0.339 e. The standard InChI is InChI=1S/C8H8O4/c1-4-2-3-5(8(11)12)7(10)6(4)9/h2-3,6,9-10H,1H2,(H,11,12). The molecular weight excluding hydrogens is 160 g/mol. The van der Waals surface area contributed by atoms with Gasteiger partial charge < -0.3 is 15.3 Å². The lowest BCUT2D eigenvalue weighted by molar-refractivity contribution is -0.132. The molecule has 4 nitrogen and oxygen atoms in total. The minimum atomic E-state index is -1.29. The predicted octanol–water partition coefficient (Wildman–Crippen LogP) is 0.370. The number of rotatable bonds is 1. The van der Waals surface area contributed by atoms with Crippen LogP contribution in [0.4, 0.5) is 0 Å². The zero-order valence-electron chi connectivity index (χ0n) is 6.19. The summed E-state index contributed by atoms with van der Waals surface area (Å²) in [6.45, 7) is 3.42. The van der Waals surface area contributed by atoms with E-state index in [0.29, 0.717) is 0 Å². The Labute approximate surface area is 68.8 Å². The predicted molar refractivity (Wildman–Crippen MR) is 41.6 cm³/mol. The van der Waals surface area contributed by atoms with Gasteiger partial charge >= 0.3 is 5.97 Å². The van der Waals surface area contributed by atoms with Crippen molar-refractivity contribution in [3.05, 3.63) is 35.6 Å². The minimum absolute atomic E-state index is 0.275. The summed E-state index contributed by atoms with van der Waals surface area (Å²) in [6, 6.07) is 0. The van der Waals surface area contributed by atoms with Crippen molar-refractivity contribution in [3.8, 4) is 0 Å². The molecule has 0 aromatic rings. The summed E-state index contributed by atoms with van der Waals surface area (Å²) in [5, 5.41) is 26.8. The van der Waals surface area contributed by atoms with Gasteiger partial charge in [0.05, 0.1) is 5.57 Å². The molecule has 0 bridgehead atoms. The van der Waals surface area contributed by atoms with Crippen LogP contribution in [-0.2, 0) is 4.79 Å². The number of aliphatic hydroxyl groups is 2. The molecule has 0 aromatic heterocycles. The topological polar surface area (TPSA) is 77.8 Å². The highest BCUT2D eigenvalue weighted by Crippen LogP contribution is 2.20. The molecule has 0 fully saturated rings. The fraction of sp³-hybridized carbons (Fsp3) is 0.125. The number of aliphatic hydroxyl groups excluding tert-OH is 2. The number of hydrogen-bond donors (Lipinski definition) is 3. The van der Waals surface area contributed by atoms with Crippen LogP contribution < -0.4 is 0 Å². The average molecular weight is 168 g/mol. The second-order valence-corrected chi connectivity index (χ2v) is 2.41. The van der Waals surface area contributed by atoms with Gasteiger partial charge in [-0.3, -0.25) is 0 Å². The second kappa shape index (κ2) is 2.83. The van der Waals surface area contributed by atoms with E-state index in [0.717, 1.165) is 0 Å². The van der Waals surface area contributed by atoms with Gasteiger partial charge in [0, 0.05) is 0 Å². The maximum atomic E-state index is 10.4. The molecule has 3 N–H and O–H groups in total. The van der Waals surface area contributed by atoms with Gasteiger partial charge in [-0.15, -0.1) is 0 Å². The van der Waals surface area contributed by atoms with Crippen molar-refractivity contribution in [2.75, 3.05) is 0 Å². The summed E-state index contributed by atoms with van der Waals surface area (Å²) in [5.41, 5.74) is -0.0209. The first-order valence-electron chi connectivity index (χ1n) is 3.25. The molecule has 1 rings (SSSR count). The molecular formula is C8H8O4. The van der Waals surface area contributed by atoms with Crippen LogP contribution in [0.15, 0.2) is 35.6 Å². The van der Waals surface area contributed by atoms with E-state index < -0.39 is 17.8 Å². The van der Waals surface area contributed by atoms with Crippen molar-refractivity contribution in [3.63, 3.8) is 0 Å². The molecule has 12 heavy (non-hydrogen) atoms. The molecule has 1 unspecified atom stereocenters. The van der Waals surface area contributed by atoms with Crippen LogP contribution in [0.25, 0.3) is 0 Å². The molecule has 0 aromatic carbocycles. The second-order valence-electron chi connectivity index (χ2n) is 2.41. The Bertz CT molecular complexity index is 298.